The lowest BCUT2D eigenvalue weighted by Crippen LogP contribution is -2.39. The topological polar surface area (TPSA) is 77.9 Å². The highest BCUT2D eigenvalue weighted by molar-refractivity contribution is 6.05. The van der Waals surface area contributed by atoms with E-state index in [1.165, 1.54) is 10.5 Å². The van der Waals surface area contributed by atoms with Gasteiger partial charge in [0.25, 0.3) is 5.91 Å². The van der Waals surface area contributed by atoms with Gasteiger partial charge in [-0.05, 0) is 39.5 Å². The Kier molecular flexibility index (Phi) is 6.59. The van der Waals surface area contributed by atoms with Crippen molar-refractivity contribution in [3.63, 3.8) is 0 Å². The summed E-state index contributed by atoms with van der Waals surface area (Å²) in [5.41, 5.74) is 1.25. The quantitative estimate of drug-likeness (QED) is 0.552. The predicted octanol–water partition coefficient (Wildman–Crippen LogP) is 2.50. The number of amides is 3. The number of rotatable bonds is 8. The number of aliphatic carboxylic acids is 1. The highest BCUT2D eigenvalue weighted by Gasteiger charge is 2.45. The normalized spacial score (nSPS) is 19.5. The number of hydrogen-bond acceptors (Lipinski definition) is 3. The predicted molar refractivity (Wildman–Crippen MR) is 83.4 cm³/mol. The number of carboxylic acid groups (broad SMARTS) is 1. The molecule has 2 atom stereocenters. The van der Waals surface area contributed by atoms with Crippen LogP contribution in [0, 0.1) is 5.92 Å². The molecule has 0 aromatic rings. The molecule has 0 aromatic carbocycles. The number of urea groups is 1. The molecular weight excluding hydrogens is 284 g/mol. The standard InChI is InChI=1S/C16H26N2O4/c1-5-17-15(21)13(9-14(19)20)18(16(17)22)10-12(4)8-6-7-11(2)3/h7,12-13H,5-6,8-10H2,1-4H3,(H,19,20)/t12?,13-/m0/s1. The first-order valence-electron chi connectivity index (χ1n) is 7.75. The third kappa shape index (κ3) is 4.58. The van der Waals surface area contributed by atoms with Crippen molar-refractivity contribution in [1.82, 2.24) is 9.80 Å². The molecule has 0 radical (unpaired) electrons. The maximum Gasteiger partial charge on any atom is 0.327 e. The van der Waals surface area contributed by atoms with Crippen LogP contribution in [0.25, 0.3) is 0 Å². The molecule has 124 valence electrons. The first kappa shape index (κ1) is 18.2. The summed E-state index contributed by atoms with van der Waals surface area (Å²) in [6.07, 6.45) is 3.62. The van der Waals surface area contributed by atoms with E-state index in [4.69, 9.17) is 5.11 Å². The molecule has 22 heavy (non-hydrogen) atoms. The Hall–Kier alpha value is -1.85. The van der Waals surface area contributed by atoms with E-state index < -0.39 is 17.9 Å². The summed E-state index contributed by atoms with van der Waals surface area (Å²) in [5.74, 6) is -1.25. The summed E-state index contributed by atoms with van der Waals surface area (Å²) in [7, 11) is 0. The molecule has 1 heterocycles. The van der Waals surface area contributed by atoms with Gasteiger partial charge in [0.05, 0.1) is 6.42 Å². The molecule has 3 amide bonds. The van der Waals surface area contributed by atoms with Gasteiger partial charge >= 0.3 is 12.0 Å². The molecule has 1 saturated heterocycles. The number of hydrogen-bond donors (Lipinski definition) is 1. The van der Waals surface area contributed by atoms with Crippen molar-refractivity contribution in [3.8, 4) is 0 Å². The minimum absolute atomic E-state index is 0.209. The SMILES string of the molecule is CCN1C(=O)[C@H](CC(=O)O)N(CC(C)CCC=C(C)C)C1=O. The number of carboxylic acids is 1. The monoisotopic (exact) mass is 310 g/mol. The highest BCUT2D eigenvalue weighted by Crippen LogP contribution is 2.23. The van der Waals surface area contributed by atoms with Gasteiger partial charge in [-0.3, -0.25) is 14.5 Å². The molecule has 0 spiro atoms. The van der Waals surface area contributed by atoms with Gasteiger partial charge in [0.1, 0.15) is 6.04 Å². The molecule has 0 aromatic heterocycles. The van der Waals surface area contributed by atoms with Gasteiger partial charge < -0.3 is 10.0 Å². The molecule has 1 unspecified atom stereocenters. The van der Waals surface area contributed by atoms with Gasteiger partial charge in [-0.2, -0.15) is 0 Å². The number of nitrogens with zero attached hydrogens (tertiary/aromatic N) is 2. The summed E-state index contributed by atoms with van der Waals surface area (Å²) in [6.45, 7) is 8.50. The zero-order valence-corrected chi connectivity index (χ0v) is 13.8. The van der Waals surface area contributed by atoms with Crippen LogP contribution in [0.2, 0.25) is 0 Å². The van der Waals surface area contributed by atoms with Crippen molar-refractivity contribution in [2.45, 2.75) is 53.0 Å². The summed E-state index contributed by atoms with van der Waals surface area (Å²) >= 11 is 0. The zero-order valence-electron chi connectivity index (χ0n) is 13.8. The fourth-order valence-electron chi connectivity index (χ4n) is 2.64. The Labute approximate surface area is 131 Å². The zero-order chi connectivity index (χ0) is 16.9. The fourth-order valence-corrected chi connectivity index (χ4v) is 2.64. The van der Waals surface area contributed by atoms with Gasteiger partial charge in [-0.25, -0.2) is 4.79 Å². The van der Waals surface area contributed by atoms with E-state index in [0.717, 1.165) is 17.7 Å². The lowest BCUT2D eigenvalue weighted by Gasteiger charge is -2.24. The van der Waals surface area contributed by atoms with Crippen molar-refractivity contribution in [2.75, 3.05) is 13.1 Å². The second-order valence-corrected chi connectivity index (χ2v) is 6.10. The average Bonchev–Trinajstić information content (AvgIpc) is 2.62. The van der Waals surface area contributed by atoms with Crippen LogP contribution in [0.1, 0.15) is 47.0 Å². The molecule has 6 heteroatoms. The minimum atomic E-state index is -1.06. The summed E-state index contributed by atoms with van der Waals surface area (Å²) in [6, 6.07) is -1.23. The fraction of sp³-hybridized carbons (Fsp3) is 0.688. The average molecular weight is 310 g/mol. The molecule has 1 fully saturated rings. The van der Waals surface area contributed by atoms with Gasteiger partial charge in [0.15, 0.2) is 0 Å². The van der Waals surface area contributed by atoms with E-state index in [-0.39, 0.29) is 24.9 Å². The second kappa shape index (κ2) is 7.96. The van der Waals surface area contributed by atoms with Crippen LogP contribution >= 0.6 is 0 Å². The van der Waals surface area contributed by atoms with Crippen LogP contribution in [-0.2, 0) is 9.59 Å². The number of carbonyl (C=O) groups excluding carboxylic acids is 2. The van der Waals surface area contributed by atoms with Crippen molar-refractivity contribution in [1.29, 1.82) is 0 Å². The van der Waals surface area contributed by atoms with Crippen LogP contribution < -0.4 is 0 Å². The Morgan fingerprint density at radius 3 is 2.50 bits per heavy atom. The molecule has 6 nitrogen and oxygen atoms in total. The minimum Gasteiger partial charge on any atom is -0.481 e. The molecule has 0 saturated carbocycles. The van der Waals surface area contributed by atoms with Gasteiger partial charge in [-0.15, -0.1) is 0 Å². The first-order chi connectivity index (χ1) is 10.3. The largest absolute Gasteiger partial charge is 0.481 e. The number of likely N-dealkylation sites (N-methyl/N-ethyl adjacent to an activating group) is 1. The molecular formula is C16H26N2O4. The Morgan fingerprint density at radius 1 is 1.36 bits per heavy atom. The van der Waals surface area contributed by atoms with Crippen molar-refractivity contribution < 1.29 is 19.5 Å². The first-order valence-corrected chi connectivity index (χ1v) is 7.75. The summed E-state index contributed by atoms with van der Waals surface area (Å²) < 4.78 is 0. The van der Waals surface area contributed by atoms with Crippen LogP contribution in [0.3, 0.4) is 0 Å². The Morgan fingerprint density at radius 2 is 2.00 bits per heavy atom. The third-order valence-corrected chi connectivity index (χ3v) is 3.81. The van der Waals surface area contributed by atoms with E-state index in [9.17, 15) is 14.4 Å². The van der Waals surface area contributed by atoms with Crippen LogP contribution in [0.4, 0.5) is 4.79 Å². The number of imide groups is 1. The molecule has 1 aliphatic heterocycles. The van der Waals surface area contributed by atoms with Gasteiger partial charge in [0.2, 0.25) is 0 Å². The Balaban J connectivity index is 2.75. The van der Waals surface area contributed by atoms with Gasteiger partial charge in [0, 0.05) is 13.1 Å². The molecule has 1 rings (SSSR count). The van der Waals surface area contributed by atoms with E-state index in [0.29, 0.717) is 6.54 Å². The molecule has 1 aliphatic rings. The third-order valence-electron chi connectivity index (χ3n) is 3.81. The van der Waals surface area contributed by atoms with Crippen molar-refractivity contribution in [2.24, 2.45) is 5.92 Å². The number of carbonyl (C=O) groups is 3. The number of allylic oxidation sites excluding steroid dienone is 2. The maximum absolute atomic E-state index is 12.3. The van der Waals surface area contributed by atoms with Crippen molar-refractivity contribution in [3.05, 3.63) is 11.6 Å². The van der Waals surface area contributed by atoms with Crippen LogP contribution in [-0.4, -0.2) is 51.9 Å². The molecule has 0 bridgehead atoms. The summed E-state index contributed by atoms with van der Waals surface area (Å²) in [4.78, 5) is 38.0. The maximum atomic E-state index is 12.3. The lowest BCUT2D eigenvalue weighted by atomic mass is 10.0. The van der Waals surface area contributed by atoms with E-state index in [2.05, 4.69) is 6.08 Å². The van der Waals surface area contributed by atoms with Crippen molar-refractivity contribution >= 4 is 17.9 Å². The molecule has 0 aliphatic carbocycles. The second-order valence-electron chi connectivity index (χ2n) is 6.10. The van der Waals surface area contributed by atoms with E-state index >= 15 is 0 Å². The van der Waals surface area contributed by atoms with E-state index in [1.807, 2.05) is 20.8 Å². The summed E-state index contributed by atoms with van der Waals surface area (Å²) in [5, 5.41) is 8.97. The van der Waals surface area contributed by atoms with Gasteiger partial charge in [-0.1, -0.05) is 18.6 Å². The van der Waals surface area contributed by atoms with Crippen LogP contribution in [0.5, 0.6) is 0 Å². The smallest absolute Gasteiger partial charge is 0.327 e. The molecule has 1 N–H and O–H groups in total. The lowest BCUT2D eigenvalue weighted by molar-refractivity contribution is -0.141. The Bertz CT molecular complexity index is 469. The van der Waals surface area contributed by atoms with E-state index in [1.54, 1.807) is 6.92 Å². The van der Waals surface area contributed by atoms with Crippen LogP contribution in [0.15, 0.2) is 11.6 Å². The highest BCUT2D eigenvalue weighted by atomic mass is 16.4.